The molecular weight excluding hydrogens is 288 g/mol. The number of aromatic nitrogens is 1. The molecule has 0 spiro atoms. The fourth-order valence-corrected chi connectivity index (χ4v) is 2.44. The van der Waals surface area contributed by atoms with Crippen molar-refractivity contribution in [3.05, 3.63) is 47.7 Å². The monoisotopic (exact) mass is 310 g/mol. The first kappa shape index (κ1) is 15.7. The van der Waals surface area contributed by atoms with Crippen LogP contribution in [0.2, 0.25) is 0 Å². The van der Waals surface area contributed by atoms with Crippen LogP contribution in [-0.2, 0) is 4.74 Å². The van der Waals surface area contributed by atoms with E-state index in [0.29, 0.717) is 11.8 Å². The molecule has 4 nitrogen and oxygen atoms in total. The van der Waals surface area contributed by atoms with Crippen molar-refractivity contribution in [2.45, 2.75) is 32.4 Å². The molecule has 2 heterocycles. The summed E-state index contributed by atoms with van der Waals surface area (Å²) >= 11 is 0. The Morgan fingerprint density at radius 2 is 1.96 bits per heavy atom. The van der Waals surface area contributed by atoms with E-state index in [1.54, 1.807) is 7.11 Å². The van der Waals surface area contributed by atoms with Gasteiger partial charge in [0.2, 0.25) is 5.89 Å². The van der Waals surface area contributed by atoms with Crippen LogP contribution >= 0.6 is 0 Å². The number of ether oxygens (including phenoxy) is 1. The van der Waals surface area contributed by atoms with Crippen LogP contribution in [0.1, 0.15) is 38.1 Å². The van der Waals surface area contributed by atoms with Crippen molar-refractivity contribution in [2.24, 2.45) is 10.9 Å². The molecule has 1 aromatic heterocycles. The zero-order valence-corrected chi connectivity index (χ0v) is 14.0. The van der Waals surface area contributed by atoms with Crippen molar-refractivity contribution in [2.75, 3.05) is 7.11 Å². The van der Waals surface area contributed by atoms with E-state index in [1.165, 1.54) is 0 Å². The maximum Gasteiger partial charge on any atom is 0.227 e. The summed E-state index contributed by atoms with van der Waals surface area (Å²) in [4.78, 5) is 9.15. The summed E-state index contributed by atoms with van der Waals surface area (Å²) in [6, 6.07) is 0.0298. The largest absolute Gasteiger partial charge is 0.436 e. The van der Waals surface area contributed by atoms with Gasteiger partial charge < -0.3 is 9.15 Å². The van der Waals surface area contributed by atoms with Gasteiger partial charge in [0.05, 0.1) is 6.04 Å². The standard InChI is InChI=1S/C19H22N2O2/c1-13-5-7-16-17(8-6-13)23-18(21-16)15-9-10-19(3,22-4)12-20-14(2)11-15/h5-14H,1-4H3/b10-9-,15-11+,20-12?. The van der Waals surface area contributed by atoms with Gasteiger partial charge in [-0.1, -0.05) is 25.2 Å². The summed E-state index contributed by atoms with van der Waals surface area (Å²) in [5.74, 6) is 1.79. The maximum absolute atomic E-state index is 5.96. The van der Waals surface area contributed by atoms with E-state index >= 15 is 0 Å². The third-order valence-corrected chi connectivity index (χ3v) is 4.06. The lowest BCUT2D eigenvalue weighted by Gasteiger charge is -2.21. The Bertz CT molecular complexity index is 705. The van der Waals surface area contributed by atoms with E-state index in [1.807, 2.05) is 50.4 Å². The van der Waals surface area contributed by atoms with Crippen molar-refractivity contribution in [1.82, 2.24) is 4.98 Å². The van der Waals surface area contributed by atoms with Crippen LogP contribution in [0.3, 0.4) is 0 Å². The highest BCUT2D eigenvalue weighted by Gasteiger charge is 2.21. The van der Waals surface area contributed by atoms with Crippen LogP contribution in [0.15, 0.2) is 39.8 Å². The van der Waals surface area contributed by atoms with Crippen molar-refractivity contribution < 1.29 is 9.15 Å². The second-order valence-corrected chi connectivity index (χ2v) is 6.21. The molecule has 0 radical (unpaired) electrons. The van der Waals surface area contributed by atoms with Gasteiger partial charge in [0.25, 0.3) is 0 Å². The number of nitrogens with zero attached hydrogens (tertiary/aromatic N) is 2. The molecule has 1 aliphatic carbocycles. The molecule has 4 heteroatoms. The van der Waals surface area contributed by atoms with E-state index in [0.717, 1.165) is 17.0 Å². The topological polar surface area (TPSA) is 47.6 Å². The fraction of sp³-hybridized carbons (Fsp3) is 0.368. The van der Waals surface area contributed by atoms with Crippen LogP contribution in [0.25, 0.3) is 17.7 Å². The molecule has 2 aliphatic rings. The SMILES string of the molecule is COC1(C)C=NC(C)/C=C(c2nc3c(o2)C=CC(C)C=C3)\C=C/1. The van der Waals surface area contributed by atoms with Crippen molar-refractivity contribution >= 4 is 23.9 Å². The fourth-order valence-electron chi connectivity index (χ4n) is 2.44. The summed E-state index contributed by atoms with van der Waals surface area (Å²) in [6.07, 6.45) is 16.1. The van der Waals surface area contributed by atoms with Crippen molar-refractivity contribution in [1.29, 1.82) is 0 Å². The number of hydrogen-bond donors (Lipinski definition) is 0. The third kappa shape index (κ3) is 3.42. The van der Waals surface area contributed by atoms with Gasteiger partial charge in [-0.25, -0.2) is 4.98 Å². The van der Waals surface area contributed by atoms with Crippen LogP contribution in [0.5, 0.6) is 0 Å². The molecule has 0 N–H and O–H groups in total. The number of oxazole rings is 1. The second kappa shape index (κ2) is 6.13. The van der Waals surface area contributed by atoms with E-state index in [-0.39, 0.29) is 6.04 Å². The normalized spacial score (nSPS) is 33.3. The van der Waals surface area contributed by atoms with E-state index in [2.05, 4.69) is 29.1 Å². The minimum absolute atomic E-state index is 0.0298. The lowest BCUT2D eigenvalue weighted by molar-refractivity contribution is 0.111. The van der Waals surface area contributed by atoms with Gasteiger partial charge in [0.15, 0.2) is 5.76 Å². The zero-order chi connectivity index (χ0) is 16.4. The molecule has 1 aromatic rings. The average Bonchev–Trinajstić information content (AvgIpc) is 2.86. The summed E-state index contributed by atoms with van der Waals surface area (Å²) in [5.41, 5.74) is 1.26. The summed E-state index contributed by atoms with van der Waals surface area (Å²) in [7, 11) is 1.68. The molecule has 3 unspecified atom stereocenters. The van der Waals surface area contributed by atoms with Gasteiger partial charge in [-0.05, 0) is 44.1 Å². The predicted octanol–water partition coefficient (Wildman–Crippen LogP) is 4.17. The molecule has 1 aliphatic heterocycles. The number of allylic oxidation sites excluding steroid dienone is 4. The maximum atomic E-state index is 5.96. The van der Waals surface area contributed by atoms with Crippen molar-refractivity contribution in [3.63, 3.8) is 0 Å². The van der Waals surface area contributed by atoms with Crippen molar-refractivity contribution in [3.8, 4) is 0 Å². The van der Waals surface area contributed by atoms with Gasteiger partial charge in [-0.15, -0.1) is 0 Å². The Balaban J connectivity index is 1.99. The predicted molar refractivity (Wildman–Crippen MR) is 94.2 cm³/mol. The Hall–Kier alpha value is -2.20. The Morgan fingerprint density at radius 1 is 1.17 bits per heavy atom. The van der Waals surface area contributed by atoms with Crippen LogP contribution < -0.4 is 0 Å². The summed E-state index contributed by atoms with van der Waals surface area (Å²) in [5, 5.41) is 0. The molecular formula is C19H22N2O2. The molecule has 0 saturated carbocycles. The minimum atomic E-state index is -0.521. The van der Waals surface area contributed by atoms with Gasteiger partial charge in [0, 0.05) is 18.9 Å². The highest BCUT2D eigenvalue weighted by Crippen LogP contribution is 2.27. The third-order valence-electron chi connectivity index (χ3n) is 4.06. The summed E-state index contributed by atoms with van der Waals surface area (Å²) in [6.45, 7) is 6.13. The molecule has 3 rings (SSSR count). The highest BCUT2D eigenvalue weighted by atomic mass is 16.5. The highest BCUT2D eigenvalue weighted by molar-refractivity contribution is 5.78. The summed E-state index contributed by atoms with van der Waals surface area (Å²) < 4.78 is 11.5. The van der Waals surface area contributed by atoms with Gasteiger partial charge in [0.1, 0.15) is 11.3 Å². The average molecular weight is 310 g/mol. The Kier molecular flexibility index (Phi) is 4.18. The molecule has 0 amide bonds. The lowest BCUT2D eigenvalue weighted by Crippen LogP contribution is -2.27. The van der Waals surface area contributed by atoms with E-state index in [4.69, 9.17) is 9.15 Å². The first-order valence-corrected chi connectivity index (χ1v) is 7.87. The quantitative estimate of drug-likeness (QED) is 0.823. The number of methoxy groups -OCH3 is 1. The number of fused-ring (bicyclic) bond motifs is 1. The van der Waals surface area contributed by atoms with E-state index < -0.39 is 5.60 Å². The number of rotatable bonds is 2. The molecule has 0 bridgehead atoms. The smallest absolute Gasteiger partial charge is 0.227 e. The Morgan fingerprint density at radius 3 is 2.74 bits per heavy atom. The first-order valence-electron chi connectivity index (χ1n) is 7.87. The van der Waals surface area contributed by atoms with Crippen LogP contribution in [0, 0.1) is 5.92 Å². The van der Waals surface area contributed by atoms with Gasteiger partial charge in [-0.3, -0.25) is 4.99 Å². The van der Waals surface area contributed by atoms with Crippen LogP contribution in [0.4, 0.5) is 0 Å². The first-order chi connectivity index (χ1) is 11.0. The van der Waals surface area contributed by atoms with Gasteiger partial charge in [-0.2, -0.15) is 0 Å². The molecule has 23 heavy (non-hydrogen) atoms. The lowest BCUT2D eigenvalue weighted by atomic mass is 10.0. The second-order valence-electron chi connectivity index (χ2n) is 6.21. The Labute approximate surface area is 137 Å². The van der Waals surface area contributed by atoms with E-state index in [9.17, 15) is 0 Å². The zero-order valence-electron chi connectivity index (χ0n) is 14.0. The molecule has 0 aromatic carbocycles. The number of hydrogen-bond acceptors (Lipinski definition) is 4. The molecule has 0 saturated heterocycles. The van der Waals surface area contributed by atoms with Gasteiger partial charge >= 0.3 is 0 Å². The molecule has 0 fully saturated rings. The minimum Gasteiger partial charge on any atom is -0.436 e. The molecule has 3 atom stereocenters. The molecule has 120 valence electrons. The van der Waals surface area contributed by atoms with Crippen LogP contribution in [-0.4, -0.2) is 30.0 Å². The number of aliphatic imine (C=N–C) groups is 1.